The summed E-state index contributed by atoms with van der Waals surface area (Å²) < 4.78 is 1.84. The molecule has 0 aliphatic rings. The molecular weight excluding hydrogens is 248 g/mol. The average Bonchev–Trinajstić information content (AvgIpc) is 2.91. The topological polar surface area (TPSA) is 56.7 Å². The fraction of sp³-hybridized carbons (Fsp3) is 0.125. The maximum absolute atomic E-state index is 5.68. The normalized spacial score (nSPS) is 10.7. The second kappa shape index (κ2) is 5.17. The Balaban J connectivity index is 1.80. The molecule has 3 aromatic rings. The van der Waals surface area contributed by atoms with E-state index in [4.69, 9.17) is 5.73 Å². The van der Waals surface area contributed by atoms with Crippen molar-refractivity contribution < 1.29 is 0 Å². The molecular formula is C16H16N4. The molecule has 0 radical (unpaired) electrons. The minimum absolute atomic E-state index is 0.720. The van der Waals surface area contributed by atoms with E-state index < -0.39 is 0 Å². The molecule has 2 N–H and O–H groups in total. The Kier molecular flexibility index (Phi) is 3.21. The smallest absolute Gasteiger partial charge is 0.181 e. The number of hydrogen-bond acceptors (Lipinski definition) is 3. The monoisotopic (exact) mass is 264 g/mol. The molecule has 4 nitrogen and oxygen atoms in total. The highest BCUT2D eigenvalue weighted by Gasteiger charge is 2.04. The molecule has 0 atom stereocenters. The second-order valence-electron chi connectivity index (χ2n) is 4.87. The number of benzene rings is 2. The second-order valence-corrected chi connectivity index (χ2v) is 4.87. The molecule has 0 spiro atoms. The van der Waals surface area contributed by atoms with E-state index in [1.165, 1.54) is 11.1 Å². The summed E-state index contributed by atoms with van der Waals surface area (Å²) in [4.78, 5) is 4.34. The first-order chi connectivity index (χ1) is 9.70. The maximum atomic E-state index is 5.68. The van der Waals surface area contributed by atoms with Gasteiger partial charge >= 0.3 is 0 Å². The van der Waals surface area contributed by atoms with Crippen molar-refractivity contribution in [2.24, 2.45) is 0 Å². The zero-order valence-corrected chi connectivity index (χ0v) is 11.3. The molecule has 100 valence electrons. The number of aryl methyl sites for hydroxylation is 1. The summed E-state index contributed by atoms with van der Waals surface area (Å²) in [5, 5.41) is 4.49. The average molecular weight is 264 g/mol. The van der Waals surface area contributed by atoms with Crippen LogP contribution in [0.3, 0.4) is 0 Å². The van der Waals surface area contributed by atoms with Crippen LogP contribution in [-0.2, 0) is 6.54 Å². The number of nitrogen functional groups attached to an aromatic ring is 1. The zero-order chi connectivity index (χ0) is 13.9. The van der Waals surface area contributed by atoms with Crippen molar-refractivity contribution in [3.63, 3.8) is 0 Å². The van der Waals surface area contributed by atoms with Gasteiger partial charge in [-0.2, -0.15) is 5.10 Å². The molecule has 3 rings (SSSR count). The summed E-state index contributed by atoms with van der Waals surface area (Å²) in [7, 11) is 0. The van der Waals surface area contributed by atoms with E-state index in [2.05, 4.69) is 41.3 Å². The van der Waals surface area contributed by atoms with Crippen LogP contribution in [0.1, 0.15) is 11.1 Å². The van der Waals surface area contributed by atoms with E-state index in [1.54, 1.807) is 6.33 Å². The Morgan fingerprint density at radius 2 is 1.70 bits per heavy atom. The van der Waals surface area contributed by atoms with Gasteiger partial charge in [-0.25, -0.2) is 9.67 Å². The molecule has 1 heterocycles. The van der Waals surface area contributed by atoms with Gasteiger partial charge in [-0.3, -0.25) is 0 Å². The van der Waals surface area contributed by atoms with E-state index in [0.717, 1.165) is 23.6 Å². The van der Waals surface area contributed by atoms with Crippen molar-refractivity contribution in [3.05, 3.63) is 66.0 Å². The molecule has 0 aliphatic carbocycles. The lowest BCUT2D eigenvalue weighted by Crippen LogP contribution is -2.00. The third-order valence-corrected chi connectivity index (χ3v) is 3.17. The first-order valence-electron chi connectivity index (χ1n) is 6.51. The van der Waals surface area contributed by atoms with Crippen molar-refractivity contribution in [2.45, 2.75) is 13.5 Å². The Hall–Kier alpha value is -2.62. The van der Waals surface area contributed by atoms with Crippen LogP contribution in [0, 0.1) is 6.92 Å². The van der Waals surface area contributed by atoms with Crippen molar-refractivity contribution >= 4 is 5.69 Å². The van der Waals surface area contributed by atoms with E-state index in [-0.39, 0.29) is 0 Å². The van der Waals surface area contributed by atoms with Gasteiger partial charge in [0, 0.05) is 11.3 Å². The van der Waals surface area contributed by atoms with E-state index in [1.807, 2.05) is 28.9 Å². The third kappa shape index (κ3) is 2.69. The predicted molar refractivity (Wildman–Crippen MR) is 80.2 cm³/mol. The molecule has 0 fully saturated rings. The highest BCUT2D eigenvalue weighted by atomic mass is 15.3. The molecule has 20 heavy (non-hydrogen) atoms. The van der Waals surface area contributed by atoms with Crippen LogP contribution in [0.25, 0.3) is 11.4 Å². The Labute approximate surface area is 117 Å². The highest BCUT2D eigenvalue weighted by molar-refractivity contribution is 5.57. The minimum atomic E-state index is 0.720. The van der Waals surface area contributed by atoms with Crippen LogP contribution < -0.4 is 5.73 Å². The number of hydrogen-bond donors (Lipinski definition) is 1. The van der Waals surface area contributed by atoms with Crippen molar-refractivity contribution in [2.75, 3.05) is 5.73 Å². The number of aromatic nitrogens is 3. The van der Waals surface area contributed by atoms with Gasteiger partial charge in [0.1, 0.15) is 6.33 Å². The van der Waals surface area contributed by atoms with E-state index >= 15 is 0 Å². The summed E-state index contributed by atoms with van der Waals surface area (Å²) >= 11 is 0. The molecule has 0 aliphatic heterocycles. The Morgan fingerprint density at radius 3 is 2.40 bits per heavy atom. The summed E-state index contributed by atoms with van der Waals surface area (Å²) in [6, 6.07) is 16.0. The summed E-state index contributed by atoms with van der Waals surface area (Å²) in [6.45, 7) is 2.81. The molecule has 0 bridgehead atoms. The van der Waals surface area contributed by atoms with Gasteiger partial charge in [-0.1, -0.05) is 29.8 Å². The molecule has 0 saturated carbocycles. The SMILES string of the molecule is Cc1ccc(Cn2cnc(-c3ccc(N)cc3)n2)cc1. The molecule has 2 aromatic carbocycles. The molecule has 0 saturated heterocycles. The van der Waals surface area contributed by atoms with Gasteiger partial charge in [-0.05, 0) is 36.8 Å². The highest BCUT2D eigenvalue weighted by Crippen LogP contribution is 2.16. The van der Waals surface area contributed by atoms with E-state index in [0.29, 0.717) is 0 Å². The zero-order valence-electron chi connectivity index (χ0n) is 11.3. The predicted octanol–water partition coefficient (Wildman–Crippen LogP) is 2.88. The first-order valence-corrected chi connectivity index (χ1v) is 6.51. The van der Waals surface area contributed by atoms with Gasteiger partial charge in [-0.15, -0.1) is 0 Å². The maximum Gasteiger partial charge on any atom is 0.181 e. The summed E-state index contributed by atoms with van der Waals surface area (Å²) in [6.07, 6.45) is 1.76. The number of rotatable bonds is 3. The number of anilines is 1. The van der Waals surface area contributed by atoms with Crippen LogP contribution in [0.15, 0.2) is 54.9 Å². The quantitative estimate of drug-likeness (QED) is 0.740. The fourth-order valence-electron chi connectivity index (χ4n) is 2.02. The van der Waals surface area contributed by atoms with Gasteiger partial charge < -0.3 is 5.73 Å². The third-order valence-electron chi connectivity index (χ3n) is 3.17. The van der Waals surface area contributed by atoms with Crippen molar-refractivity contribution in [1.82, 2.24) is 14.8 Å². The van der Waals surface area contributed by atoms with Crippen molar-refractivity contribution in [1.29, 1.82) is 0 Å². The lowest BCUT2D eigenvalue weighted by molar-refractivity contribution is 0.687. The van der Waals surface area contributed by atoms with Crippen LogP contribution in [0.4, 0.5) is 5.69 Å². The fourth-order valence-corrected chi connectivity index (χ4v) is 2.02. The number of nitrogens with two attached hydrogens (primary N) is 1. The lowest BCUT2D eigenvalue weighted by Gasteiger charge is -2.01. The van der Waals surface area contributed by atoms with Crippen LogP contribution in [-0.4, -0.2) is 14.8 Å². The van der Waals surface area contributed by atoms with Gasteiger partial charge in [0.2, 0.25) is 0 Å². The molecule has 0 unspecified atom stereocenters. The molecule has 1 aromatic heterocycles. The lowest BCUT2D eigenvalue weighted by atomic mass is 10.1. The summed E-state index contributed by atoms with van der Waals surface area (Å²) in [5.41, 5.74) is 9.87. The summed E-state index contributed by atoms with van der Waals surface area (Å²) in [5.74, 6) is 0.720. The van der Waals surface area contributed by atoms with Gasteiger partial charge in [0.25, 0.3) is 0 Å². The standard InChI is InChI=1S/C16H16N4/c1-12-2-4-13(5-3-12)10-20-11-18-16(19-20)14-6-8-15(17)9-7-14/h2-9,11H,10,17H2,1H3. The molecule has 0 amide bonds. The van der Waals surface area contributed by atoms with Crippen LogP contribution in [0.5, 0.6) is 0 Å². The van der Waals surface area contributed by atoms with Crippen LogP contribution >= 0.6 is 0 Å². The van der Waals surface area contributed by atoms with Crippen LogP contribution in [0.2, 0.25) is 0 Å². The Morgan fingerprint density at radius 1 is 1.00 bits per heavy atom. The van der Waals surface area contributed by atoms with E-state index in [9.17, 15) is 0 Å². The van der Waals surface area contributed by atoms with Crippen molar-refractivity contribution in [3.8, 4) is 11.4 Å². The first kappa shape index (κ1) is 12.4. The van der Waals surface area contributed by atoms with Gasteiger partial charge in [0.05, 0.1) is 6.54 Å². The van der Waals surface area contributed by atoms with Gasteiger partial charge in [0.15, 0.2) is 5.82 Å². The minimum Gasteiger partial charge on any atom is -0.399 e. The largest absolute Gasteiger partial charge is 0.399 e. The Bertz CT molecular complexity index is 696. The molecule has 4 heteroatoms. The number of nitrogens with zero attached hydrogens (tertiary/aromatic N) is 3.